The fourth-order valence-corrected chi connectivity index (χ4v) is 3.20. The summed E-state index contributed by atoms with van der Waals surface area (Å²) >= 11 is 4.73. The van der Waals surface area contributed by atoms with Crippen LogP contribution in [0.5, 0.6) is 0 Å². The molecule has 0 amide bonds. The zero-order chi connectivity index (χ0) is 14.3. The third-order valence-electron chi connectivity index (χ3n) is 2.96. The number of fused-ring (bicyclic) bond motifs is 1. The van der Waals surface area contributed by atoms with Crippen LogP contribution in [0.15, 0.2) is 39.6 Å². The highest BCUT2D eigenvalue weighted by molar-refractivity contribution is 9.11. The number of nitrogens with zero attached hydrogens (tertiary/aromatic N) is 1. The molecule has 20 heavy (non-hydrogen) atoms. The van der Waals surface area contributed by atoms with E-state index in [-0.39, 0.29) is 11.5 Å². The molecule has 1 aromatic carbocycles. The van der Waals surface area contributed by atoms with E-state index in [0.717, 1.165) is 3.79 Å². The summed E-state index contributed by atoms with van der Waals surface area (Å²) in [5.74, 6) is -0.154. The molecule has 2 heterocycles. The van der Waals surface area contributed by atoms with E-state index in [1.165, 1.54) is 23.6 Å². The van der Waals surface area contributed by atoms with Crippen molar-refractivity contribution in [3.63, 3.8) is 0 Å². The molecule has 0 saturated carbocycles. The highest BCUT2D eigenvalue weighted by atomic mass is 79.9. The molecule has 0 atom stereocenters. The molecule has 3 rings (SSSR count). The van der Waals surface area contributed by atoms with Gasteiger partial charge in [0, 0.05) is 34.2 Å². The number of hydrogen-bond donors (Lipinski definition) is 1. The zero-order valence-corrected chi connectivity index (χ0v) is 12.3. The maximum Gasteiger partial charge on any atom is 0.293 e. The third kappa shape index (κ3) is 2.04. The summed E-state index contributed by atoms with van der Waals surface area (Å²) in [4.78, 5) is 25.7. The van der Waals surface area contributed by atoms with Gasteiger partial charge in [0.15, 0.2) is 5.78 Å². The zero-order valence-electron chi connectivity index (χ0n) is 9.92. The summed E-state index contributed by atoms with van der Waals surface area (Å²) in [6.07, 6.45) is 1.52. The number of halogens is 1. The fraction of sp³-hybridized carbons (Fsp3) is 0. The van der Waals surface area contributed by atoms with Crippen LogP contribution in [0.1, 0.15) is 15.9 Å². The molecule has 0 saturated heterocycles. The molecule has 0 radical (unpaired) electrons. The first-order valence-electron chi connectivity index (χ1n) is 5.61. The monoisotopic (exact) mass is 350 g/mol. The molecule has 1 N–H and O–H groups in total. The number of non-ortho nitro benzene ring substituents is 1. The molecule has 0 fully saturated rings. The van der Waals surface area contributed by atoms with Crippen LogP contribution in [0, 0.1) is 10.1 Å². The van der Waals surface area contributed by atoms with E-state index in [1.54, 1.807) is 23.6 Å². The van der Waals surface area contributed by atoms with Crippen molar-refractivity contribution in [2.24, 2.45) is 0 Å². The minimum absolute atomic E-state index is 0.0342. The topological polar surface area (TPSA) is 76.0 Å². The molecular weight excluding hydrogens is 344 g/mol. The minimum Gasteiger partial charge on any atom is -0.355 e. The molecule has 7 heteroatoms. The van der Waals surface area contributed by atoms with Gasteiger partial charge in [0.25, 0.3) is 5.69 Å². The van der Waals surface area contributed by atoms with E-state index < -0.39 is 4.92 Å². The Morgan fingerprint density at radius 1 is 1.40 bits per heavy atom. The number of thiophene rings is 1. The lowest BCUT2D eigenvalue weighted by atomic mass is 10.0. The lowest BCUT2D eigenvalue weighted by Gasteiger charge is -1.97. The Bertz CT molecular complexity index is 837. The molecule has 0 aliphatic heterocycles. The molecule has 100 valence electrons. The molecule has 0 unspecified atom stereocenters. The van der Waals surface area contributed by atoms with Crippen molar-refractivity contribution >= 4 is 49.6 Å². The van der Waals surface area contributed by atoms with Crippen LogP contribution in [-0.2, 0) is 0 Å². The Labute approximate surface area is 125 Å². The minimum atomic E-state index is -0.464. The summed E-state index contributed by atoms with van der Waals surface area (Å²) < 4.78 is 0.867. The van der Waals surface area contributed by atoms with Crippen molar-refractivity contribution < 1.29 is 9.72 Å². The number of para-hydroxylation sites is 1. The number of aromatic nitrogens is 1. The number of ketones is 1. The van der Waals surface area contributed by atoms with Gasteiger partial charge >= 0.3 is 0 Å². The SMILES string of the molecule is O=C(c1csc(Br)c1)c1c[nH]c2c([N+](=O)[O-])cccc12. The quantitative estimate of drug-likeness (QED) is 0.438. The van der Waals surface area contributed by atoms with Gasteiger partial charge in [-0.25, -0.2) is 0 Å². The Balaban J connectivity index is 2.16. The smallest absolute Gasteiger partial charge is 0.293 e. The van der Waals surface area contributed by atoms with E-state index in [0.29, 0.717) is 22.0 Å². The first-order valence-corrected chi connectivity index (χ1v) is 7.28. The fourth-order valence-electron chi connectivity index (χ4n) is 2.06. The molecule has 0 bridgehead atoms. The van der Waals surface area contributed by atoms with E-state index in [9.17, 15) is 14.9 Å². The average Bonchev–Trinajstić information content (AvgIpc) is 3.03. The normalized spacial score (nSPS) is 10.8. The Hall–Kier alpha value is -1.99. The number of nitro benzene ring substituents is 1. The van der Waals surface area contributed by atoms with Crippen molar-refractivity contribution in [3.8, 4) is 0 Å². The van der Waals surface area contributed by atoms with Crippen LogP contribution >= 0.6 is 27.3 Å². The van der Waals surface area contributed by atoms with Gasteiger partial charge in [-0.3, -0.25) is 14.9 Å². The van der Waals surface area contributed by atoms with Gasteiger partial charge in [-0.05, 0) is 22.0 Å². The van der Waals surface area contributed by atoms with Crippen molar-refractivity contribution in [2.75, 3.05) is 0 Å². The van der Waals surface area contributed by atoms with Gasteiger partial charge < -0.3 is 4.98 Å². The van der Waals surface area contributed by atoms with Gasteiger partial charge in [0.1, 0.15) is 5.52 Å². The number of aromatic amines is 1. The molecule has 2 aromatic heterocycles. The second-order valence-electron chi connectivity index (χ2n) is 4.13. The number of H-pyrrole nitrogens is 1. The Morgan fingerprint density at radius 3 is 2.85 bits per heavy atom. The van der Waals surface area contributed by atoms with E-state index >= 15 is 0 Å². The average molecular weight is 351 g/mol. The second kappa shape index (κ2) is 4.84. The highest BCUT2D eigenvalue weighted by Crippen LogP contribution is 2.30. The molecular formula is C13H7BrN2O3S. The van der Waals surface area contributed by atoms with Crippen molar-refractivity contribution in [1.82, 2.24) is 4.98 Å². The maximum absolute atomic E-state index is 12.4. The number of benzene rings is 1. The summed E-state index contributed by atoms with van der Waals surface area (Å²) in [5, 5.41) is 13.3. The van der Waals surface area contributed by atoms with Gasteiger partial charge in [-0.2, -0.15) is 0 Å². The van der Waals surface area contributed by atoms with Crippen molar-refractivity contribution in [2.45, 2.75) is 0 Å². The number of nitrogens with one attached hydrogen (secondary N) is 1. The van der Waals surface area contributed by atoms with Crippen LogP contribution in [0.3, 0.4) is 0 Å². The first-order chi connectivity index (χ1) is 9.58. The summed E-state index contributed by atoms with van der Waals surface area (Å²) in [7, 11) is 0. The predicted molar refractivity (Wildman–Crippen MR) is 80.4 cm³/mol. The molecule has 3 aromatic rings. The molecule has 0 spiro atoms. The molecule has 0 aliphatic carbocycles. The van der Waals surface area contributed by atoms with Gasteiger partial charge in [0.2, 0.25) is 0 Å². The number of hydrogen-bond acceptors (Lipinski definition) is 4. The number of nitro groups is 1. The Morgan fingerprint density at radius 2 is 2.20 bits per heavy atom. The lowest BCUT2D eigenvalue weighted by molar-refractivity contribution is -0.383. The van der Waals surface area contributed by atoms with Crippen molar-refractivity contribution in [3.05, 3.63) is 60.9 Å². The van der Waals surface area contributed by atoms with Gasteiger partial charge in [-0.1, -0.05) is 12.1 Å². The van der Waals surface area contributed by atoms with E-state index in [1.807, 2.05) is 0 Å². The van der Waals surface area contributed by atoms with E-state index in [2.05, 4.69) is 20.9 Å². The standard InChI is InChI=1S/C13H7BrN2O3S/c14-11-4-7(6-20-11)13(17)9-5-15-12-8(9)2-1-3-10(12)16(18)19/h1-6,15H. The third-order valence-corrected chi connectivity index (χ3v) is 4.47. The second-order valence-corrected chi connectivity index (χ2v) is 6.42. The largest absolute Gasteiger partial charge is 0.355 e. The lowest BCUT2D eigenvalue weighted by Crippen LogP contribution is -1.98. The predicted octanol–water partition coefficient (Wildman–Crippen LogP) is 4.13. The van der Waals surface area contributed by atoms with Crippen molar-refractivity contribution in [1.29, 1.82) is 0 Å². The molecule has 5 nitrogen and oxygen atoms in total. The van der Waals surface area contributed by atoms with Crippen LogP contribution < -0.4 is 0 Å². The molecule has 0 aliphatic rings. The highest BCUT2D eigenvalue weighted by Gasteiger charge is 2.20. The van der Waals surface area contributed by atoms with Crippen LogP contribution in [-0.4, -0.2) is 15.7 Å². The van der Waals surface area contributed by atoms with Gasteiger partial charge in [0.05, 0.1) is 8.71 Å². The Kier molecular flexibility index (Phi) is 3.15. The van der Waals surface area contributed by atoms with Gasteiger partial charge in [-0.15, -0.1) is 11.3 Å². The number of rotatable bonds is 3. The number of carbonyl (C=O) groups excluding carboxylic acids is 1. The van der Waals surface area contributed by atoms with Crippen LogP contribution in [0.2, 0.25) is 0 Å². The summed E-state index contributed by atoms with van der Waals surface area (Å²) in [5.41, 5.74) is 1.34. The first kappa shape index (κ1) is 13.0. The van der Waals surface area contributed by atoms with Crippen LogP contribution in [0.25, 0.3) is 10.9 Å². The maximum atomic E-state index is 12.4. The number of carbonyl (C=O) groups is 1. The summed E-state index contributed by atoms with van der Waals surface area (Å²) in [6.45, 7) is 0. The summed E-state index contributed by atoms with van der Waals surface area (Å²) in [6, 6.07) is 6.43. The van der Waals surface area contributed by atoms with E-state index in [4.69, 9.17) is 0 Å². The van der Waals surface area contributed by atoms with Crippen LogP contribution in [0.4, 0.5) is 5.69 Å².